The molecule has 1 aliphatic rings. The van der Waals surface area contributed by atoms with Crippen molar-refractivity contribution in [1.29, 1.82) is 0 Å². The second kappa shape index (κ2) is 6.91. The molecule has 2 aromatic rings. The van der Waals surface area contributed by atoms with Crippen LogP contribution in [0.5, 0.6) is 5.75 Å². The van der Waals surface area contributed by atoms with Gasteiger partial charge in [-0.15, -0.1) is 10.2 Å². The Balaban J connectivity index is 1.41. The maximum atomic E-state index is 6.00. The minimum Gasteiger partial charge on any atom is -0.490 e. The maximum Gasteiger partial charge on any atom is 0.119 e. The van der Waals surface area contributed by atoms with Crippen LogP contribution >= 0.6 is 11.6 Å². The summed E-state index contributed by atoms with van der Waals surface area (Å²) in [6.45, 7) is 4.11. The van der Waals surface area contributed by atoms with Gasteiger partial charge in [-0.1, -0.05) is 11.6 Å². The van der Waals surface area contributed by atoms with Crippen LogP contribution in [0.25, 0.3) is 0 Å². The summed E-state index contributed by atoms with van der Waals surface area (Å²) in [4.78, 5) is 2.46. The number of piperidine rings is 1. The number of hydrogen-bond donors (Lipinski definition) is 0. The van der Waals surface area contributed by atoms with Crippen LogP contribution in [-0.4, -0.2) is 45.4 Å². The van der Waals surface area contributed by atoms with Crippen LogP contribution in [0, 0.1) is 0 Å². The van der Waals surface area contributed by atoms with Crippen LogP contribution in [0.4, 0.5) is 0 Å². The number of rotatable bonds is 5. The van der Waals surface area contributed by atoms with Crippen molar-refractivity contribution >= 4 is 11.6 Å². The summed E-state index contributed by atoms with van der Waals surface area (Å²) in [5.41, 5.74) is 0. The number of halogens is 1. The van der Waals surface area contributed by atoms with Gasteiger partial charge in [0.1, 0.15) is 24.5 Å². The van der Waals surface area contributed by atoms with E-state index < -0.39 is 0 Å². The molecule has 1 fully saturated rings. The van der Waals surface area contributed by atoms with Crippen LogP contribution < -0.4 is 4.74 Å². The fourth-order valence-corrected chi connectivity index (χ4v) is 2.68. The lowest BCUT2D eigenvalue weighted by molar-refractivity contribution is 0.0986. The standard InChI is InChI=1S/C15H19ClN4O/c16-13-1-3-14(4-2-13)21-15-5-7-19(8-6-15)9-10-20-11-17-18-12-20/h1-4,11-12,15H,5-10H2. The lowest BCUT2D eigenvalue weighted by Gasteiger charge is -2.32. The van der Waals surface area contributed by atoms with E-state index in [0.29, 0.717) is 6.10 Å². The molecule has 1 aliphatic heterocycles. The van der Waals surface area contributed by atoms with Gasteiger partial charge in [-0.25, -0.2) is 0 Å². The van der Waals surface area contributed by atoms with Crippen LogP contribution in [0.1, 0.15) is 12.8 Å². The zero-order chi connectivity index (χ0) is 14.5. The molecule has 0 spiro atoms. The Morgan fingerprint density at radius 2 is 1.71 bits per heavy atom. The molecular weight excluding hydrogens is 288 g/mol. The number of hydrogen-bond acceptors (Lipinski definition) is 4. The van der Waals surface area contributed by atoms with Crippen LogP contribution in [-0.2, 0) is 6.54 Å². The van der Waals surface area contributed by atoms with E-state index in [1.54, 1.807) is 12.7 Å². The van der Waals surface area contributed by atoms with Crippen molar-refractivity contribution in [2.24, 2.45) is 0 Å². The lowest BCUT2D eigenvalue weighted by Crippen LogP contribution is -2.39. The molecule has 0 N–H and O–H groups in total. The van der Waals surface area contributed by atoms with Crippen molar-refractivity contribution in [3.05, 3.63) is 41.9 Å². The molecule has 0 bridgehead atoms. The first-order valence-corrected chi connectivity index (χ1v) is 7.64. The van der Waals surface area contributed by atoms with Crippen molar-refractivity contribution in [3.63, 3.8) is 0 Å². The molecule has 112 valence electrons. The minimum absolute atomic E-state index is 0.303. The number of likely N-dealkylation sites (tertiary alicyclic amines) is 1. The van der Waals surface area contributed by atoms with Gasteiger partial charge in [0.05, 0.1) is 0 Å². The van der Waals surface area contributed by atoms with E-state index >= 15 is 0 Å². The topological polar surface area (TPSA) is 43.2 Å². The van der Waals surface area contributed by atoms with Gasteiger partial charge in [-0.2, -0.15) is 0 Å². The highest BCUT2D eigenvalue weighted by molar-refractivity contribution is 6.30. The summed E-state index contributed by atoms with van der Waals surface area (Å²) in [5.74, 6) is 0.905. The number of benzene rings is 1. The Labute approximate surface area is 129 Å². The largest absolute Gasteiger partial charge is 0.490 e. The molecule has 1 aromatic carbocycles. The second-order valence-corrected chi connectivity index (χ2v) is 5.75. The molecule has 1 saturated heterocycles. The zero-order valence-electron chi connectivity index (χ0n) is 11.9. The number of nitrogens with zero attached hydrogens (tertiary/aromatic N) is 4. The van der Waals surface area contributed by atoms with Crippen molar-refractivity contribution < 1.29 is 4.74 Å². The normalized spacial score (nSPS) is 17.0. The van der Waals surface area contributed by atoms with E-state index in [4.69, 9.17) is 16.3 Å². The number of ether oxygens (including phenoxy) is 1. The first-order chi connectivity index (χ1) is 10.3. The molecule has 1 aromatic heterocycles. The third kappa shape index (κ3) is 4.19. The quantitative estimate of drug-likeness (QED) is 0.851. The summed E-state index contributed by atoms with van der Waals surface area (Å²) >= 11 is 5.88. The molecule has 0 unspecified atom stereocenters. The summed E-state index contributed by atoms with van der Waals surface area (Å²) in [6, 6.07) is 7.60. The van der Waals surface area contributed by atoms with Crippen molar-refractivity contribution in [2.45, 2.75) is 25.5 Å². The fourth-order valence-electron chi connectivity index (χ4n) is 2.55. The first-order valence-electron chi connectivity index (χ1n) is 7.26. The van der Waals surface area contributed by atoms with Gasteiger partial charge in [-0.05, 0) is 37.1 Å². The molecule has 0 atom stereocenters. The smallest absolute Gasteiger partial charge is 0.119 e. The molecule has 6 heteroatoms. The van der Waals surface area contributed by atoms with E-state index in [9.17, 15) is 0 Å². The summed E-state index contributed by atoms with van der Waals surface area (Å²) in [7, 11) is 0. The minimum atomic E-state index is 0.303. The Morgan fingerprint density at radius 1 is 1.05 bits per heavy atom. The fraction of sp³-hybridized carbons (Fsp3) is 0.467. The first kappa shape index (κ1) is 14.4. The van der Waals surface area contributed by atoms with Gasteiger partial charge in [-0.3, -0.25) is 0 Å². The van der Waals surface area contributed by atoms with E-state index in [1.807, 2.05) is 28.8 Å². The molecule has 0 aliphatic carbocycles. The predicted octanol–water partition coefficient (Wildman–Crippen LogP) is 2.47. The molecule has 0 amide bonds. The monoisotopic (exact) mass is 306 g/mol. The third-order valence-corrected chi connectivity index (χ3v) is 4.04. The van der Waals surface area contributed by atoms with E-state index in [-0.39, 0.29) is 0 Å². The van der Waals surface area contributed by atoms with Crippen LogP contribution in [0.2, 0.25) is 5.02 Å². The Morgan fingerprint density at radius 3 is 2.38 bits per heavy atom. The SMILES string of the molecule is Clc1ccc(OC2CCN(CCn3cnnc3)CC2)cc1. The van der Waals surface area contributed by atoms with Gasteiger partial charge in [0.2, 0.25) is 0 Å². The second-order valence-electron chi connectivity index (χ2n) is 5.31. The van der Waals surface area contributed by atoms with Gasteiger partial charge >= 0.3 is 0 Å². The Bertz CT molecular complexity index is 535. The molecule has 5 nitrogen and oxygen atoms in total. The highest BCUT2D eigenvalue weighted by atomic mass is 35.5. The average molecular weight is 307 g/mol. The maximum absolute atomic E-state index is 6.00. The Kier molecular flexibility index (Phi) is 4.72. The summed E-state index contributed by atoms with van der Waals surface area (Å²) in [5, 5.41) is 8.37. The van der Waals surface area contributed by atoms with Crippen LogP contribution in [0.15, 0.2) is 36.9 Å². The van der Waals surface area contributed by atoms with Crippen molar-refractivity contribution in [1.82, 2.24) is 19.7 Å². The number of aromatic nitrogens is 3. The molecular formula is C15H19ClN4O. The lowest BCUT2D eigenvalue weighted by atomic mass is 10.1. The Hall–Kier alpha value is -1.59. The van der Waals surface area contributed by atoms with E-state index in [0.717, 1.165) is 49.8 Å². The highest BCUT2D eigenvalue weighted by Gasteiger charge is 2.20. The van der Waals surface area contributed by atoms with Crippen molar-refractivity contribution in [2.75, 3.05) is 19.6 Å². The molecule has 21 heavy (non-hydrogen) atoms. The molecule has 0 saturated carbocycles. The van der Waals surface area contributed by atoms with E-state index in [2.05, 4.69) is 15.1 Å². The average Bonchev–Trinajstić information content (AvgIpc) is 3.02. The van der Waals surface area contributed by atoms with Gasteiger partial charge in [0.25, 0.3) is 0 Å². The molecule has 3 rings (SSSR count). The van der Waals surface area contributed by atoms with E-state index in [1.165, 1.54) is 0 Å². The summed E-state index contributed by atoms with van der Waals surface area (Å²) in [6.07, 6.45) is 5.94. The van der Waals surface area contributed by atoms with Crippen molar-refractivity contribution in [3.8, 4) is 5.75 Å². The zero-order valence-corrected chi connectivity index (χ0v) is 12.6. The third-order valence-electron chi connectivity index (χ3n) is 3.79. The predicted molar refractivity (Wildman–Crippen MR) is 81.6 cm³/mol. The molecule has 2 heterocycles. The van der Waals surface area contributed by atoms with Crippen LogP contribution in [0.3, 0.4) is 0 Å². The molecule has 0 radical (unpaired) electrons. The summed E-state index contributed by atoms with van der Waals surface area (Å²) < 4.78 is 8.01. The van der Waals surface area contributed by atoms with Gasteiger partial charge < -0.3 is 14.2 Å². The highest BCUT2D eigenvalue weighted by Crippen LogP contribution is 2.21. The van der Waals surface area contributed by atoms with Gasteiger partial charge in [0, 0.05) is 31.2 Å². The van der Waals surface area contributed by atoms with Gasteiger partial charge in [0.15, 0.2) is 0 Å².